The molecule has 2 fully saturated rings. The molecule has 0 spiro atoms. The van der Waals surface area contributed by atoms with E-state index in [2.05, 4.69) is 36.4 Å². The van der Waals surface area contributed by atoms with Crippen LogP contribution in [0.1, 0.15) is 93.5 Å². The van der Waals surface area contributed by atoms with Crippen LogP contribution in [0.15, 0.2) is 237 Å². The van der Waals surface area contributed by atoms with E-state index in [1.807, 2.05) is 200 Å². The average Bonchev–Trinajstić information content (AvgIpc) is 1.64. The lowest BCUT2D eigenvalue weighted by Crippen LogP contribution is -2.47. The monoisotopic (exact) mass is 1430 g/mol. The van der Waals surface area contributed by atoms with Crippen molar-refractivity contribution < 1.29 is 83.3 Å². The van der Waals surface area contributed by atoms with Crippen molar-refractivity contribution in [1.29, 1.82) is 0 Å². The Morgan fingerprint density at radius 1 is 0.427 bits per heavy atom. The number of aliphatic hydroxyl groups excluding tert-OH is 1. The first-order chi connectivity index (χ1) is 50.2. The Bertz CT molecular complexity index is 4480. The molecule has 2 aliphatic heterocycles. The van der Waals surface area contributed by atoms with Crippen molar-refractivity contribution in [2.45, 2.75) is 63.3 Å². The first-order valence-corrected chi connectivity index (χ1v) is 36.3. The third kappa shape index (κ3) is 18.0. The molecular formula is C81H76N2O18S2. The van der Waals surface area contributed by atoms with Gasteiger partial charge < -0.3 is 33.5 Å². The first-order valence-electron chi connectivity index (χ1n) is 33.9. The molecular weight excluding hydrogens is 1350 g/mol. The van der Waals surface area contributed by atoms with Crippen LogP contribution in [-0.2, 0) is 97.4 Å². The Balaban J connectivity index is 0.000000146. The number of fused-ring (bicyclic) bond motifs is 9. The fraction of sp³-hybridized carbons (Fsp3) is 0.259. The van der Waals surface area contributed by atoms with Crippen molar-refractivity contribution in [2.24, 2.45) is 17.8 Å². The number of hydrogen-bond donors (Lipinski definition) is 1. The predicted molar refractivity (Wildman–Crippen MR) is 382 cm³/mol. The van der Waals surface area contributed by atoms with Gasteiger partial charge in [-0.3, -0.25) is 27.5 Å². The lowest BCUT2D eigenvalue weighted by molar-refractivity contribution is -0.152. The Kier molecular flexibility index (Phi) is 24.1. The quantitative estimate of drug-likeness (QED) is 0.0518. The maximum atomic E-state index is 12.9. The van der Waals surface area contributed by atoms with Gasteiger partial charge in [0.1, 0.15) is 39.6 Å². The van der Waals surface area contributed by atoms with Gasteiger partial charge >= 0.3 is 46.4 Å². The third-order valence-corrected chi connectivity index (χ3v) is 20.7. The van der Waals surface area contributed by atoms with Gasteiger partial charge in [0.15, 0.2) is 0 Å². The summed E-state index contributed by atoms with van der Waals surface area (Å²) in [7, 11) is -4.31. The number of amides is 2. The van der Waals surface area contributed by atoms with Crippen molar-refractivity contribution in [1.82, 2.24) is 8.61 Å². The molecule has 9 aromatic rings. The summed E-state index contributed by atoms with van der Waals surface area (Å²) in [6, 6.07) is 76.1. The van der Waals surface area contributed by atoms with E-state index in [0.29, 0.717) is 4.31 Å². The number of carbonyl (C=O) groups excluding carboxylic acids is 6. The largest absolute Gasteiger partial charge is 0.465 e. The highest BCUT2D eigenvalue weighted by Gasteiger charge is 2.41. The van der Waals surface area contributed by atoms with Crippen LogP contribution >= 0.6 is 0 Å². The SMILES string of the molecule is O=C(CC[C@@H](CO)C(=O)OCc1ccccc1)OCC1c2ccccc2-c2ccccc21.O=C(C[C@@H]1COS(=O)(=O)N(C(=O)OCC2c3ccccc3-c3ccccc32)C1)OCc1ccccc1.O=C(C[C@@H]1COS(=O)N(C(=O)OCC2c3ccccc3-c3ccccc32)C1)OCc1ccccc1. The molecule has 9 aromatic carbocycles. The van der Waals surface area contributed by atoms with Gasteiger partial charge in [0.25, 0.3) is 11.3 Å². The van der Waals surface area contributed by atoms with Crippen LogP contribution in [0.2, 0.25) is 0 Å². The van der Waals surface area contributed by atoms with Crippen molar-refractivity contribution in [2.75, 3.05) is 52.7 Å². The highest BCUT2D eigenvalue weighted by atomic mass is 32.2. The molecule has 4 atom stereocenters. The predicted octanol–water partition coefficient (Wildman–Crippen LogP) is 13.3. The number of ether oxygens (including phenoxy) is 6. The van der Waals surface area contributed by atoms with Gasteiger partial charge in [-0.25, -0.2) is 18.1 Å². The van der Waals surface area contributed by atoms with Gasteiger partial charge in [-0.2, -0.15) is 12.7 Å². The zero-order valence-corrected chi connectivity index (χ0v) is 57.8. The van der Waals surface area contributed by atoms with Crippen LogP contribution in [0.4, 0.5) is 9.59 Å². The number of esters is 4. The maximum Gasteiger partial charge on any atom is 0.425 e. The zero-order chi connectivity index (χ0) is 71.7. The number of nitrogens with zero attached hydrogens (tertiary/aromatic N) is 2. The molecule has 1 N–H and O–H groups in total. The topological polar surface area (TPSA) is 254 Å². The molecule has 14 rings (SSSR count). The van der Waals surface area contributed by atoms with Gasteiger partial charge in [-0.1, -0.05) is 237 Å². The summed E-state index contributed by atoms with van der Waals surface area (Å²) in [6.45, 7) is 0.143. The summed E-state index contributed by atoms with van der Waals surface area (Å²) < 4.78 is 81.6. The normalized spacial score (nSPS) is 16.9. The van der Waals surface area contributed by atoms with E-state index in [4.69, 9.17) is 36.8 Å². The molecule has 0 saturated carbocycles. The van der Waals surface area contributed by atoms with Crippen molar-refractivity contribution >= 4 is 57.6 Å². The van der Waals surface area contributed by atoms with Gasteiger partial charge in [0.05, 0.1) is 38.6 Å². The molecule has 22 heteroatoms. The highest BCUT2D eigenvalue weighted by molar-refractivity contribution is 7.84. The van der Waals surface area contributed by atoms with Crippen LogP contribution in [-0.4, -0.2) is 115 Å². The van der Waals surface area contributed by atoms with E-state index in [-0.39, 0.29) is 128 Å². The summed E-state index contributed by atoms with van der Waals surface area (Å²) in [6.07, 6.45) is -1.57. The van der Waals surface area contributed by atoms with Gasteiger partial charge in [0.2, 0.25) is 0 Å². The number of carbonyl (C=O) groups is 6. The van der Waals surface area contributed by atoms with Gasteiger partial charge in [-0.05, 0) is 89.9 Å². The van der Waals surface area contributed by atoms with E-state index in [0.717, 1.165) is 76.6 Å². The van der Waals surface area contributed by atoms with Crippen LogP contribution in [0.25, 0.3) is 33.4 Å². The van der Waals surface area contributed by atoms with Crippen molar-refractivity contribution in [3.8, 4) is 33.4 Å². The average molecular weight is 1430 g/mol. The van der Waals surface area contributed by atoms with E-state index >= 15 is 0 Å². The molecule has 0 aromatic heterocycles. The molecule has 103 heavy (non-hydrogen) atoms. The Morgan fingerprint density at radius 3 is 1.17 bits per heavy atom. The van der Waals surface area contributed by atoms with Crippen molar-refractivity contribution in [3.05, 3.63) is 287 Å². The summed E-state index contributed by atoms with van der Waals surface area (Å²) in [5.74, 6) is -3.75. The van der Waals surface area contributed by atoms with E-state index < -0.39 is 63.5 Å². The van der Waals surface area contributed by atoms with Crippen LogP contribution < -0.4 is 0 Å². The zero-order valence-electron chi connectivity index (χ0n) is 56.2. The summed E-state index contributed by atoms with van der Waals surface area (Å²) in [5, 5.41) is 9.57. The Morgan fingerprint density at radius 2 is 0.777 bits per heavy atom. The maximum absolute atomic E-state index is 12.9. The van der Waals surface area contributed by atoms with Crippen LogP contribution in [0, 0.1) is 17.8 Å². The van der Waals surface area contributed by atoms with Gasteiger partial charge in [-0.15, -0.1) is 0 Å². The molecule has 20 nitrogen and oxygen atoms in total. The molecule has 1 unspecified atom stereocenters. The number of benzene rings is 9. The minimum absolute atomic E-state index is 0.00386. The van der Waals surface area contributed by atoms with Crippen molar-refractivity contribution in [3.63, 3.8) is 0 Å². The number of hydrogen-bond acceptors (Lipinski definition) is 18. The van der Waals surface area contributed by atoms with Crippen LogP contribution in [0.3, 0.4) is 0 Å². The minimum atomic E-state index is -4.31. The van der Waals surface area contributed by atoms with Crippen LogP contribution in [0.5, 0.6) is 0 Å². The molecule has 530 valence electrons. The molecule has 2 amide bonds. The third-order valence-electron chi connectivity index (χ3n) is 18.5. The molecule has 5 aliphatic rings. The second-order valence-corrected chi connectivity index (χ2v) is 27.9. The standard InChI is InChI=1S/C27H25NO7S.C27H25NO6S.C27H26O5/c29-26(33-16-19-8-2-1-3-9-19)14-20-15-28(36(31,32)35-17-20)27(30)34-18-25-23-12-6-4-10-21(23)22-11-5-7-13-24(22)25;29-26(32-16-19-8-2-1-3-9-19)14-20-15-28(35(31)34-17-20)27(30)33-18-25-23-12-6-4-10-21(23)22-11-5-7-13-24(22)25;28-16-20(27(30)32-17-19-8-2-1-3-9-19)14-15-26(29)31-18-25-23-12-6-4-10-21(23)22-11-5-7-13-24(22)25/h1-13,20,25H,14-18H2;1-13,20,25H,14-18H2;1-13,20,25,28H,14-18H2/t20-;20-,35?;20-/m000/s1. The molecule has 2 heterocycles. The van der Waals surface area contributed by atoms with E-state index in [1.54, 1.807) is 0 Å². The number of aliphatic hydroxyl groups is 1. The molecule has 2 saturated heterocycles. The fourth-order valence-electron chi connectivity index (χ4n) is 13.2. The molecule has 3 aliphatic carbocycles. The molecule has 0 bridgehead atoms. The minimum Gasteiger partial charge on any atom is -0.465 e. The lowest BCUT2D eigenvalue weighted by Gasteiger charge is -2.30. The van der Waals surface area contributed by atoms with Gasteiger partial charge in [0, 0.05) is 49.1 Å². The second kappa shape index (κ2) is 34.4. The fourth-order valence-corrected chi connectivity index (χ4v) is 15.3. The lowest BCUT2D eigenvalue weighted by atomic mass is 9.98. The smallest absolute Gasteiger partial charge is 0.425 e. The second-order valence-electron chi connectivity index (χ2n) is 25.3. The van der Waals surface area contributed by atoms with E-state index in [1.165, 1.54) is 11.1 Å². The molecule has 0 radical (unpaired) electrons. The van der Waals surface area contributed by atoms with E-state index in [9.17, 15) is 46.5 Å². The Labute approximate surface area is 600 Å². The Hall–Kier alpha value is -10.6. The summed E-state index contributed by atoms with van der Waals surface area (Å²) in [4.78, 5) is 74.9. The first kappa shape index (κ1) is 72.2. The number of rotatable bonds is 21. The summed E-state index contributed by atoms with van der Waals surface area (Å²) in [5.41, 5.74) is 15.9. The summed E-state index contributed by atoms with van der Waals surface area (Å²) >= 11 is -1.96. The highest BCUT2D eigenvalue weighted by Crippen LogP contribution is 2.47.